The van der Waals surface area contributed by atoms with Crippen LogP contribution in [0.2, 0.25) is 0 Å². The third kappa shape index (κ3) is 3.90. The Morgan fingerprint density at radius 3 is 2.29 bits per heavy atom. The number of carbonyl (C=O) groups excluding carboxylic acids is 2. The first-order valence-corrected chi connectivity index (χ1v) is 8.49. The maximum atomic E-state index is 13.8. The summed E-state index contributed by atoms with van der Waals surface area (Å²) in [6.07, 6.45) is 2.72. The number of H-pyrrole nitrogens is 1. The first-order chi connectivity index (χ1) is 13.4. The Bertz CT molecular complexity index is 957. The number of rotatable bonds is 6. The lowest BCUT2D eigenvalue weighted by molar-refractivity contribution is -0.123. The zero-order chi connectivity index (χ0) is 20.3. The van der Waals surface area contributed by atoms with Crippen molar-refractivity contribution in [1.29, 1.82) is 0 Å². The number of halogens is 2. The van der Waals surface area contributed by atoms with Gasteiger partial charge in [-0.2, -0.15) is 0 Å². The second-order valence-electron chi connectivity index (χ2n) is 6.27. The van der Waals surface area contributed by atoms with E-state index >= 15 is 0 Å². The molecule has 0 bridgehead atoms. The highest BCUT2D eigenvalue weighted by molar-refractivity contribution is 5.97. The third-order valence-electron chi connectivity index (χ3n) is 4.40. The summed E-state index contributed by atoms with van der Waals surface area (Å²) in [5.74, 6) is -2.90. The largest absolute Gasteiger partial charge is 0.368 e. The molecule has 28 heavy (non-hydrogen) atoms. The summed E-state index contributed by atoms with van der Waals surface area (Å²) in [7, 11) is 0. The zero-order valence-electron chi connectivity index (χ0n) is 15.0. The molecule has 0 radical (unpaired) electrons. The molecular weight excluding hydrogens is 366 g/mol. The molecular formula is C20H18F2N4O2. The topological polar surface area (TPSA) is 92.1 Å². The van der Waals surface area contributed by atoms with Gasteiger partial charge in [0, 0.05) is 11.6 Å². The molecule has 3 aromatic rings. The zero-order valence-corrected chi connectivity index (χ0v) is 15.0. The Morgan fingerprint density at radius 1 is 1.11 bits per heavy atom. The number of imidazole rings is 1. The van der Waals surface area contributed by atoms with Gasteiger partial charge in [0.2, 0.25) is 5.91 Å². The maximum absolute atomic E-state index is 13.8. The van der Waals surface area contributed by atoms with E-state index in [0.717, 1.165) is 18.2 Å². The molecule has 0 aliphatic carbocycles. The van der Waals surface area contributed by atoms with E-state index in [0.29, 0.717) is 11.3 Å². The van der Waals surface area contributed by atoms with Crippen LogP contribution in [0.15, 0.2) is 61.1 Å². The molecule has 0 spiro atoms. The number of carbonyl (C=O) groups is 2. The van der Waals surface area contributed by atoms with Crippen LogP contribution in [-0.4, -0.2) is 26.7 Å². The first kappa shape index (κ1) is 19.2. The number of nitrogens with one attached hydrogen (secondary N) is 1. The Labute approximate surface area is 160 Å². The SMILES string of the molecule is C[C@H](c1cc(F)cc(F)c1)N(C(=O)c1ccccc1)[C@@H](C(N)=O)c1cnc[nH]1. The van der Waals surface area contributed by atoms with Crippen LogP contribution in [0.4, 0.5) is 8.78 Å². The molecule has 144 valence electrons. The van der Waals surface area contributed by atoms with Crippen LogP contribution in [0.1, 0.15) is 40.6 Å². The van der Waals surface area contributed by atoms with Crippen LogP contribution in [-0.2, 0) is 4.79 Å². The Hall–Kier alpha value is -3.55. The third-order valence-corrected chi connectivity index (χ3v) is 4.40. The highest BCUT2D eigenvalue weighted by Crippen LogP contribution is 2.32. The van der Waals surface area contributed by atoms with E-state index in [1.807, 2.05) is 0 Å². The summed E-state index contributed by atoms with van der Waals surface area (Å²) in [6.45, 7) is 1.57. The lowest BCUT2D eigenvalue weighted by Gasteiger charge is -2.34. The second-order valence-corrected chi connectivity index (χ2v) is 6.27. The van der Waals surface area contributed by atoms with Gasteiger partial charge in [-0.05, 0) is 36.8 Å². The number of aromatic nitrogens is 2. The number of hydrogen-bond acceptors (Lipinski definition) is 3. The normalized spacial score (nSPS) is 13.0. The monoisotopic (exact) mass is 384 g/mol. The molecule has 0 saturated heterocycles. The van der Waals surface area contributed by atoms with Crippen molar-refractivity contribution in [2.24, 2.45) is 5.73 Å². The van der Waals surface area contributed by atoms with Crippen molar-refractivity contribution in [3.8, 4) is 0 Å². The Morgan fingerprint density at radius 2 is 1.75 bits per heavy atom. The fraction of sp³-hybridized carbons (Fsp3) is 0.150. The van der Waals surface area contributed by atoms with E-state index in [2.05, 4.69) is 9.97 Å². The van der Waals surface area contributed by atoms with Crippen LogP contribution in [0, 0.1) is 11.6 Å². The summed E-state index contributed by atoms with van der Waals surface area (Å²) < 4.78 is 27.5. The molecule has 2 atom stereocenters. The summed E-state index contributed by atoms with van der Waals surface area (Å²) in [4.78, 5) is 33.4. The van der Waals surface area contributed by atoms with Crippen LogP contribution in [0.5, 0.6) is 0 Å². The fourth-order valence-corrected chi connectivity index (χ4v) is 3.08. The predicted molar refractivity (Wildman–Crippen MR) is 97.9 cm³/mol. The molecule has 3 N–H and O–H groups in total. The molecule has 0 fully saturated rings. The minimum absolute atomic E-state index is 0.188. The minimum atomic E-state index is -1.21. The van der Waals surface area contributed by atoms with Crippen molar-refractivity contribution in [2.45, 2.75) is 19.0 Å². The number of primary amides is 1. The fourth-order valence-electron chi connectivity index (χ4n) is 3.08. The summed E-state index contributed by atoms with van der Waals surface area (Å²) in [5, 5.41) is 0. The van der Waals surface area contributed by atoms with E-state index in [4.69, 9.17) is 5.73 Å². The molecule has 6 nitrogen and oxygen atoms in total. The van der Waals surface area contributed by atoms with Crippen LogP contribution >= 0.6 is 0 Å². The van der Waals surface area contributed by atoms with Gasteiger partial charge < -0.3 is 15.6 Å². The van der Waals surface area contributed by atoms with Gasteiger partial charge in [-0.25, -0.2) is 13.8 Å². The van der Waals surface area contributed by atoms with Crippen molar-refractivity contribution >= 4 is 11.8 Å². The number of nitrogens with two attached hydrogens (primary N) is 1. The van der Waals surface area contributed by atoms with Crippen molar-refractivity contribution in [1.82, 2.24) is 14.9 Å². The number of hydrogen-bond donors (Lipinski definition) is 2. The van der Waals surface area contributed by atoms with E-state index in [-0.39, 0.29) is 5.56 Å². The van der Waals surface area contributed by atoms with Gasteiger partial charge in [-0.1, -0.05) is 18.2 Å². The number of nitrogens with zero attached hydrogens (tertiary/aromatic N) is 2. The average Bonchev–Trinajstić information content (AvgIpc) is 3.18. The van der Waals surface area contributed by atoms with Crippen molar-refractivity contribution in [3.05, 3.63) is 89.5 Å². The van der Waals surface area contributed by atoms with Crippen molar-refractivity contribution in [3.63, 3.8) is 0 Å². The maximum Gasteiger partial charge on any atom is 0.255 e. The molecule has 2 aromatic carbocycles. The van der Waals surface area contributed by atoms with E-state index < -0.39 is 35.5 Å². The molecule has 0 saturated carbocycles. The van der Waals surface area contributed by atoms with Crippen LogP contribution < -0.4 is 5.73 Å². The van der Waals surface area contributed by atoms with Gasteiger partial charge in [0.15, 0.2) is 6.04 Å². The molecule has 2 amide bonds. The first-order valence-electron chi connectivity index (χ1n) is 8.49. The summed E-state index contributed by atoms with van der Waals surface area (Å²) in [6, 6.07) is 9.15. The lowest BCUT2D eigenvalue weighted by Crippen LogP contribution is -2.43. The van der Waals surface area contributed by atoms with Crippen molar-refractivity contribution < 1.29 is 18.4 Å². The molecule has 0 aliphatic heterocycles. The molecule has 1 heterocycles. The Kier molecular flexibility index (Phi) is 5.49. The van der Waals surface area contributed by atoms with E-state index in [9.17, 15) is 18.4 Å². The van der Waals surface area contributed by atoms with Gasteiger partial charge in [0.1, 0.15) is 11.6 Å². The van der Waals surface area contributed by atoms with Gasteiger partial charge in [-0.3, -0.25) is 9.59 Å². The summed E-state index contributed by atoms with van der Waals surface area (Å²) in [5.41, 5.74) is 6.37. The smallest absolute Gasteiger partial charge is 0.255 e. The highest BCUT2D eigenvalue weighted by atomic mass is 19.1. The molecule has 0 unspecified atom stereocenters. The average molecular weight is 384 g/mol. The predicted octanol–water partition coefficient (Wildman–Crippen LogP) is 3.12. The van der Waals surface area contributed by atoms with Crippen molar-refractivity contribution in [2.75, 3.05) is 0 Å². The lowest BCUT2D eigenvalue weighted by atomic mass is 10.0. The standard InChI is InChI=1S/C20H18F2N4O2/c1-12(14-7-15(21)9-16(22)8-14)26(20(28)13-5-3-2-4-6-13)18(19(23)27)17-10-24-11-25-17/h2-12,18H,1H3,(H2,23,27)(H,24,25)/t12-,18-/m1/s1. The number of amides is 2. The molecule has 0 aliphatic rings. The quantitative estimate of drug-likeness (QED) is 0.684. The highest BCUT2D eigenvalue weighted by Gasteiger charge is 2.35. The van der Waals surface area contributed by atoms with Crippen LogP contribution in [0.25, 0.3) is 0 Å². The van der Waals surface area contributed by atoms with Gasteiger partial charge in [-0.15, -0.1) is 0 Å². The summed E-state index contributed by atoms with van der Waals surface area (Å²) >= 11 is 0. The molecule has 3 rings (SSSR count). The van der Waals surface area contributed by atoms with Crippen LogP contribution in [0.3, 0.4) is 0 Å². The second kappa shape index (κ2) is 7.99. The van der Waals surface area contributed by atoms with E-state index in [1.165, 1.54) is 17.4 Å². The molecule has 1 aromatic heterocycles. The van der Waals surface area contributed by atoms with Gasteiger partial charge in [0.25, 0.3) is 5.91 Å². The Balaban J connectivity index is 2.13. The van der Waals surface area contributed by atoms with E-state index in [1.54, 1.807) is 37.3 Å². The van der Waals surface area contributed by atoms with Gasteiger partial charge >= 0.3 is 0 Å². The minimum Gasteiger partial charge on any atom is -0.368 e. The van der Waals surface area contributed by atoms with Gasteiger partial charge in [0.05, 0.1) is 24.3 Å². The number of benzene rings is 2. The number of aromatic amines is 1. The molecule has 8 heteroatoms.